The van der Waals surface area contributed by atoms with Crippen molar-refractivity contribution in [1.82, 2.24) is 0 Å². The third kappa shape index (κ3) is 4.66. The third-order valence-electron chi connectivity index (χ3n) is 3.58. The summed E-state index contributed by atoms with van der Waals surface area (Å²) in [5.41, 5.74) is 0. The summed E-state index contributed by atoms with van der Waals surface area (Å²) in [4.78, 5) is 1.63. The summed E-state index contributed by atoms with van der Waals surface area (Å²) in [6, 6.07) is 2.61. The number of allylic oxidation sites excluding steroid dienone is 2. The van der Waals surface area contributed by atoms with E-state index in [1.807, 2.05) is 12.2 Å². The topological polar surface area (TPSA) is 0 Å². The molecule has 0 unspecified atom stereocenters. The van der Waals surface area contributed by atoms with Crippen LogP contribution in [-0.4, -0.2) is 16.1 Å². The van der Waals surface area contributed by atoms with Gasteiger partial charge in [0, 0.05) is 0 Å². The van der Waals surface area contributed by atoms with Gasteiger partial charge >= 0.3 is 0 Å². The first-order chi connectivity index (χ1) is 7.28. The fourth-order valence-corrected chi connectivity index (χ4v) is 12.7. The summed E-state index contributed by atoms with van der Waals surface area (Å²) in [5, 5.41) is 0. The highest BCUT2D eigenvalue weighted by atomic mass is 28.4. The molecule has 16 heavy (non-hydrogen) atoms. The Balaban J connectivity index is 4.60. The van der Waals surface area contributed by atoms with Crippen molar-refractivity contribution in [3.8, 4) is 0 Å². The number of rotatable bonds is 8. The van der Waals surface area contributed by atoms with Crippen molar-refractivity contribution >= 4 is 16.1 Å². The molecule has 0 aromatic heterocycles. The van der Waals surface area contributed by atoms with E-state index in [4.69, 9.17) is 0 Å². The summed E-state index contributed by atoms with van der Waals surface area (Å²) in [6.07, 6.45) is 6.37. The molecule has 0 spiro atoms. The summed E-state index contributed by atoms with van der Waals surface area (Å²) in [5.74, 6) is 0. The molecular weight excluding hydrogens is 224 g/mol. The zero-order valence-corrected chi connectivity index (χ0v) is 13.6. The average Bonchev–Trinajstić information content (AvgIpc) is 2.22. The van der Waals surface area contributed by atoms with E-state index >= 15 is 0 Å². The lowest BCUT2D eigenvalue weighted by Crippen LogP contribution is -2.43. The van der Waals surface area contributed by atoms with Gasteiger partial charge in [-0.25, -0.2) is 0 Å². The van der Waals surface area contributed by atoms with E-state index in [1.165, 1.54) is 12.1 Å². The van der Waals surface area contributed by atoms with Crippen LogP contribution in [0.3, 0.4) is 0 Å². The lowest BCUT2D eigenvalue weighted by molar-refractivity contribution is 1.15. The van der Waals surface area contributed by atoms with E-state index in [0.717, 1.165) is 12.8 Å². The first-order valence-corrected chi connectivity index (χ1v) is 12.6. The first kappa shape index (κ1) is 15.7. The fraction of sp³-hybridized carbons (Fsp3) is 0.571. The Morgan fingerprint density at radius 3 is 1.44 bits per heavy atom. The molecule has 0 aromatic carbocycles. The summed E-state index contributed by atoms with van der Waals surface area (Å²) in [7, 11) is -2.50. The maximum Gasteiger partial charge on any atom is 0.0708 e. The van der Waals surface area contributed by atoms with Crippen LogP contribution in [0.4, 0.5) is 0 Å². The minimum Gasteiger partial charge on any atom is -0.108 e. The highest BCUT2D eigenvalue weighted by Gasteiger charge is 2.34. The van der Waals surface area contributed by atoms with E-state index in [0.29, 0.717) is 0 Å². The molecular formula is C14H28Si2. The Labute approximate surface area is 104 Å². The van der Waals surface area contributed by atoms with Gasteiger partial charge in [-0.1, -0.05) is 55.2 Å². The zero-order valence-electron chi connectivity index (χ0n) is 11.6. The molecule has 0 bridgehead atoms. The molecule has 0 saturated carbocycles. The monoisotopic (exact) mass is 252 g/mol. The van der Waals surface area contributed by atoms with Gasteiger partial charge in [0.15, 0.2) is 0 Å². The lowest BCUT2D eigenvalue weighted by atomic mass is 10.5. The van der Waals surface area contributed by atoms with Crippen molar-refractivity contribution in [3.05, 3.63) is 36.7 Å². The van der Waals surface area contributed by atoms with Gasteiger partial charge in [0.1, 0.15) is 0 Å². The average molecular weight is 253 g/mol. The van der Waals surface area contributed by atoms with E-state index in [2.05, 4.69) is 45.9 Å². The van der Waals surface area contributed by atoms with Crippen molar-refractivity contribution in [2.24, 2.45) is 0 Å². The molecule has 0 radical (unpaired) electrons. The Morgan fingerprint density at radius 2 is 1.19 bits per heavy atom. The van der Waals surface area contributed by atoms with Gasteiger partial charge < -0.3 is 0 Å². The molecule has 0 aliphatic carbocycles. The van der Waals surface area contributed by atoms with Crippen LogP contribution >= 0.6 is 0 Å². The quantitative estimate of drug-likeness (QED) is 0.412. The number of hydrogen-bond acceptors (Lipinski definition) is 0. The third-order valence-corrected chi connectivity index (χ3v) is 14.0. The van der Waals surface area contributed by atoms with Gasteiger partial charge in [0.2, 0.25) is 0 Å². The zero-order chi connectivity index (χ0) is 12.8. The van der Waals surface area contributed by atoms with E-state index in [1.54, 1.807) is 4.82 Å². The molecule has 0 saturated heterocycles. The van der Waals surface area contributed by atoms with Crippen LogP contribution < -0.4 is 0 Å². The van der Waals surface area contributed by atoms with Crippen LogP contribution in [0.1, 0.15) is 12.8 Å². The Morgan fingerprint density at radius 1 is 0.875 bits per heavy atom. The molecule has 0 aliphatic heterocycles. The molecule has 0 fully saturated rings. The van der Waals surface area contributed by atoms with Crippen LogP contribution in [0.2, 0.25) is 38.3 Å². The van der Waals surface area contributed by atoms with Crippen LogP contribution in [-0.2, 0) is 0 Å². The summed E-state index contributed by atoms with van der Waals surface area (Å²) < 4.78 is 0. The molecule has 0 rings (SSSR count). The summed E-state index contributed by atoms with van der Waals surface area (Å²) in [6.45, 7) is 21.9. The van der Waals surface area contributed by atoms with E-state index in [9.17, 15) is 0 Å². The van der Waals surface area contributed by atoms with Crippen LogP contribution in [0.5, 0.6) is 0 Å². The highest BCUT2D eigenvalue weighted by molar-refractivity contribution is 7.05. The SMILES string of the molecule is C=CCC[Si](C)(C)C(=C)[Si](C)(C)CCC=C. The van der Waals surface area contributed by atoms with Crippen molar-refractivity contribution in [2.45, 2.75) is 51.1 Å². The Bertz CT molecular complexity index is 236. The van der Waals surface area contributed by atoms with Crippen LogP contribution in [0.15, 0.2) is 36.7 Å². The predicted octanol–water partition coefficient (Wildman–Crippen LogP) is 5.19. The molecule has 0 atom stereocenters. The predicted molar refractivity (Wildman–Crippen MR) is 83.3 cm³/mol. The molecule has 0 aliphatic rings. The van der Waals surface area contributed by atoms with Gasteiger partial charge in [-0.3, -0.25) is 0 Å². The minimum atomic E-state index is -1.25. The second kappa shape index (κ2) is 6.40. The second-order valence-electron chi connectivity index (χ2n) is 5.90. The van der Waals surface area contributed by atoms with Gasteiger partial charge in [-0.15, -0.1) is 19.7 Å². The summed E-state index contributed by atoms with van der Waals surface area (Å²) >= 11 is 0. The number of hydrogen-bond donors (Lipinski definition) is 0. The standard InChI is InChI=1S/C14H28Si2/c1-8-10-12-15(4,5)14(3)16(6,7)13-11-9-2/h8-9H,1-3,10-13H2,4-7H3. The van der Waals surface area contributed by atoms with Crippen LogP contribution in [0.25, 0.3) is 0 Å². The van der Waals surface area contributed by atoms with Gasteiger partial charge in [0.25, 0.3) is 0 Å². The maximum absolute atomic E-state index is 4.46. The van der Waals surface area contributed by atoms with Gasteiger partial charge in [0.05, 0.1) is 16.1 Å². The largest absolute Gasteiger partial charge is 0.108 e. The van der Waals surface area contributed by atoms with Gasteiger partial charge in [-0.05, 0) is 12.8 Å². The normalized spacial score (nSPS) is 12.2. The maximum atomic E-state index is 4.46. The lowest BCUT2D eigenvalue weighted by Gasteiger charge is -2.35. The van der Waals surface area contributed by atoms with Crippen LogP contribution in [0, 0.1) is 0 Å². The molecule has 0 heterocycles. The van der Waals surface area contributed by atoms with Gasteiger partial charge in [-0.2, -0.15) is 0 Å². The first-order valence-electron chi connectivity index (χ1n) is 6.19. The Kier molecular flexibility index (Phi) is 6.27. The van der Waals surface area contributed by atoms with Crippen molar-refractivity contribution in [1.29, 1.82) is 0 Å². The second-order valence-corrected chi connectivity index (χ2v) is 16.1. The van der Waals surface area contributed by atoms with Crippen molar-refractivity contribution in [2.75, 3.05) is 0 Å². The fourth-order valence-electron chi connectivity index (χ4n) is 2.14. The van der Waals surface area contributed by atoms with E-state index in [-0.39, 0.29) is 0 Å². The molecule has 0 aromatic rings. The molecule has 0 nitrogen and oxygen atoms in total. The molecule has 92 valence electrons. The van der Waals surface area contributed by atoms with E-state index < -0.39 is 16.1 Å². The molecule has 0 N–H and O–H groups in total. The smallest absolute Gasteiger partial charge is 0.0708 e. The van der Waals surface area contributed by atoms with Crippen molar-refractivity contribution in [3.63, 3.8) is 0 Å². The minimum absolute atomic E-state index is 1.14. The highest BCUT2D eigenvalue weighted by Crippen LogP contribution is 2.31. The molecule has 2 heteroatoms. The Hall–Kier alpha value is -0.346. The molecule has 0 amide bonds. The van der Waals surface area contributed by atoms with Crippen molar-refractivity contribution < 1.29 is 0 Å².